The van der Waals surface area contributed by atoms with Crippen molar-refractivity contribution in [3.05, 3.63) is 0 Å². The van der Waals surface area contributed by atoms with E-state index in [1.54, 1.807) is 7.05 Å². The maximum atomic E-state index is 11.1. The van der Waals surface area contributed by atoms with Gasteiger partial charge in [-0.3, -0.25) is 9.59 Å². The molecular formula is C9H19N3O2. The van der Waals surface area contributed by atoms with E-state index in [4.69, 9.17) is 0 Å². The number of rotatable bonds is 7. The van der Waals surface area contributed by atoms with Crippen LogP contribution in [0.3, 0.4) is 0 Å². The van der Waals surface area contributed by atoms with Crippen LogP contribution in [0.5, 0.6) is 0 Å². The largest absolute Gasteiger partial charge is 0.359 e. The predicted octanol–water partition coefficient (Wildman–Crippen LogP) is -0.762. The second kappa shape index (κ2) is 8.50. The molecule has 0 saturated heterocycles. The highest BCUT2D eigenvalue weighted by Gasteiger charge is 2.01. The van der Waals surface area contributed by atoms with E-state index in [0.717, 1.165) is 13.0 Å². The summed E-state index contributed by atoms with van der Waals surface area (Å²) in [5, 5.41) is 8.13. The Bertz CT molecular complexity index is 183. The number of nitrogens with one attached hydrogen (secondary N) is 3. The molecule has 0 unspecified atom stereocenters. The Kier molecular flexibility index (Phi) is 7.83. The number of carbonyl (C=O) groups is 2. The number of hydrogen-bond donors (Lipinski definition) is 3. The lowest BCUT2D eigenvalue weighted by Gasteiger charge is -2.04. The lowest BCUT2D eigenvalue weighted by atomic mass is 10.3. The second-order valence-corrected chi connectivity index (χ2v) is 2.98. The Labute approximate surface area is 84.6 Å². The summed E-state index contributed by atoms with van der Waals surface area (Å²) in [5.41, 5.74) is 0. The van der Waals surface area contributed by atoms with Crippen molar-refractivity contribution in [2.24, 2.45) is 0 Å². The molecule has 0 aromatic rings. The quantitative estimate of drug-likeness (QED) is 0.474. The van der Waals surface area contributed by atoms with E-state index in [0.29, 0.717) is 19.4 Å². The van der Waals surface area contributed by atoms with Gasteiger partial charge >= 0.3 is 0 Å². The van der Waals surface area contributed by atoms with Crippen molar-refractivity contribution < 1.29 is 9.59 Å². The van der Waals surface area contributed by atoms with Gasteiger partial charge in [-0.2, -0.15) is 0 Å². The third kappa shape index (κ3) is 7.54. The van der Waals surface area contributed by atoms with E-state index in [2.05, 4.69) is 16.0 Å². The van der Waals surface area contributed by atoms with Crippen molar-refractivity contribution in [2.75, 3.05) is 27.2 Å². The summed E-state index contributed by atoms with van der Waals surface area (Å²) >= 11 is 0. The molecule has 82 valence electrons. The first-order valence-corrected chi connectivity index (χ1v) is 4.82. The van der Waals surface area contributed by atoms with Crippen LogP contribution < -0.4 is 16.0 Å². The Morgan fingerprint density at radius 1 is 1.00 bits per heavy atom. The highest BCUT2D eigenvalue weighted by Crippen LogP contribution is 1.86. The zero-order valence-corrected chi connectivity index (χ0v) is 8.85. The van der Waals surface area contributed by atoms with E-state index < -0.39 is 0 Å². The molecule has 0 fully saturated rings. The minimum Gasteiger partial charge on any atom is -0.359 e. The van der Waals surface area contributed by atoms with Crippen LogP contribution in [0, 0.1) is 0 Å². The van der Waals surface area contributed by atoms with Gasteiger partial charge in [0.05, 0.1) is 0 Å². The Hall–Kier alpha value is -1.10. The fourth-order valence-corrected chi connectivity index (χ4v) is 0.955. The van der Waals surface area contributed by atoms with Gasteiger partial charge in [0, 0.05) is 26.4 Å². The van der Waals surface area contributed by atoms with Crippen LogP contribution in [0.15, 0.2) is 0 Å². The van der Waals surface area contributed by atoms with Gasteiger partial charge in [-0.05, 0) is 20.0 Å². The van der Waals surface area contributed by atoms with Crippen LogP contribution in [-0.4, -0.2) is 39.0 Å². The zero-order chi connectivity index (χ0) is 10.8. The SMILES string of the molecule is CNCCCC(=O)NCCC(=O)NC. The highest BCUT2D eigenvalue weighted by atomic mass is 16.2. The summed E-state index contributed by atoms with van der Waals surface area (Å²) in [6, 6.07) is 0. The molecule has 0 radical (unpaired) electrons. The summed E-state index contributed by atoms with van der Waals surface area (Å²) in [6.45, 7) is 1.25. The van der Waals surface area contributed by atoms with Crippen molar-refractivity contribution >= 4 is 11.8 Å². The van der Waals surface area contributed by atoms with Crippen molar-refractivity contribution in [2.45, 2.75) is 19.3 Å². The molecule has 0 heterocycles. The first-order valence-electron chi connectivity index (χ1n) is 4.82. The maximum absolute atomic E-state index is 11.1. The van der Waals surface area contributed by atoms with E-state index >= 15 is 0 Å². The molecule has 0 spiro atoms. The van der Waals surface area contributed by atoms with Crippen molar-refractivity contribution in [1.82, 2.24) is 16.0 Å². The smallest absolute Gasteiger partial charge is 0.221 e. The van der Waals surface area contributed by atoms with Crippen LogP contribution in [0.2, 0.25) is 0 Å². The molecule has 3 N–H and O–H groups in total. The topological polar surface area (TPSA) is 70.2 Å². The van der Waals surface area contributed by atoms with E-state index in [1.165, 1.54) is 0 Å². The van der Waals surface area contributed by atoms with Crippen LogP contribution >= 0.6 is 0 Å². The molecule has 0 saturated carbocycles. The van der Waals surface area contributed by atoms with Crippen LogP contribution in [-0.2, 0) is 9.59 Å². The van der Waals surface area contributed by atoms with Gasteiger partial charge in [0.2, 0.25) is 11.8 Å². The summed E-state index contributed by atoms with van der Waals surface area (Å²) in [6.07, 6.45) is 1.67. The normalized spacial score (nSPS) is 9.57. The fourth-order valence-electron chi connectivity index (χ4n) is 0.955. The van der Waals surface area contributed by atoms with Gasteiger partial charge in [0.1, 0.15) is 0 Å². The van der Waals surface area contributed by atoms with Gasteiger partial charge in [0.15, 0.2) is 0 Å². The van der Waals surface area contributed by atoms with Gasteiger partial charge in [-0.25, -0.2) is 0 Å². The highest BCUT2D eigenvalue weighted by molar-refractivity contribution is 5.78. The van der Waals surface area contributed by atoms with Gasteiger partial charge in [-0.15, -0.1) is 0 Å². The standard InChI is InChI=1S/C9H19N3O2/c1-10-6-3-4-9(14)12-7-5-8(13)11-2/h10H,3-7H2,1-2H3,(H,11,13)(H,12,14). The second-order valence-electron chi connectivity index (χ2n) is 2.98. The molecule has 14 heavy (non-hydrogen) atoms. The molecule has 0 aromatic carbocycles. The molecule has 0 rings (SSSR count). The molecule has 0 aliphatic carbocycles. The molecular weight excluding hydrogens is 182 g/mol. The summed E-state index contributed by atoms with van der Waals surface area (Å²) in [5.74, 6) is -0.0512. The number of hydrogen-bond acceptors (Lipinski definition) is 3. The molecule has 0 aliphatic heterocycles. The Morgan fingerprint density at radius 3 is 2.29 bits per heavy atom. The zero-order valence-electron chi connectivity index (χ0n) is 8.85. The van der Waals surface area contributed by atoms with Crippen molar-refractivity contribution in [1.29, 1.82) is 0 Å². The molecule has 5 nitrogen and oxygen atoms in total. The third-order valence-corrected chi connectivity index (χ3v) is 1.78. The minimum atomic E-state index is -0.0551. The Balaban J connectivity index is 3.31. The summed E-state index contributed by atoms with van der Waals surface area (Å²) in [7, 11) is 3.43. The van der Waals surface area contributed by atoms with Gasteiger partial charge in [0.25, 0.3) is 0 Å². The van der Waals surface area contributed by atoms with E-state index in [-0.39, 0.29) is 11.8 Å². The first kappa shape index (κ1) is 12.9. The van der Waals surface area contributed by atoms with Crippen LogP contribution in [0.1, 0.15) is 19.3 Å². The third-order valence-electron chi connectivity index (χ3n) is 1.78. The molecule has 5 heteroatoms. The molecule has 0 bridgehead atoms. The number of amides is 2. The van der Waals surface area contributed by atoms with E-state index in [9.17, 15) is 9.59 Å². The maximum Gasteiger partial charge on any atom is 0.221 e. The predicted molar refractivity (Wildman–Crippen MR) is 54.9 cm³/mol. The summed E-state index contributed by atoms with van der Waals surface area (Å²) < 4.78 is 0. The monoisotopic (exact) mass is 201 g/mol. The number of carbonyl (C=O) groups excluding carboxylic acids is 2. The van der Waals surface area contributed by atoms with Gasteiger partial charge < -0.3 is 16.0 Å². The average Bonchev–Trinajstić information content (AvgIpc) is 2.18. The molecule has 0 aliphatic rings. The Morgan fingerprint density at radius 2 is 1.71 bits per heavy atom. The van der Waals surface area contributed by atoms with E-state index in [1.807, 2.05) is 7.05 Å². The molecule has 2 amide bonds. The fraction of sp³-hybridized carbons (Fsp3) is 0.778. The lowest BCUT2D eigenvalue weighted by molar-refractivity contribution is -0.122. The average molecular weight is 201 g/mol. The van der Waals surface area contributed by atoms with Crippen molar-refractivity contribution in [3.63, 3.8) is 0 Å². The summed E-state index contributed by atoms with van der Waals surface area (Å²) in [4.78, 5) is 21.9. The molecule has 0 aromatic heterocycles. The molecule has 0 atom stereocenters. The van der Waals surface area contributed by atoms with Crippen molar-refractivity contribution in [3.8, 4) is 0 Å². The van der Waals surface area contributed by atoms with Crippen LogP contribution in [0.25, 0.3) is 0 Å². The minimum absolute atomic E-state index is 0.00385. The van der Waals surface area contributed by atoms with Crippen LogP contribution in [0.4, 0.5) is 0 Å². The first-order chi connectivity index (χ1) is 6.70. The van der Waals surface area contributed by atoms with Gasteiger partial charge in [-0.1, -0.05) is 0 Å². The lowest BCUT2D eigenvalue weighted by Crippen LogP contribution is -2.29.